The molecule has 102 valence electrons. The highest BCUT2D eigenvalue weighted by molar-refractivity contribution is 7.89. The number of nitrogens with one attached hydrogen (secondary N) is 2. The SMILES string of the molecule is CC(C)C1CC(NS(=O)(=O)c2cn[nH]c2)CCO1. The lowest BCUT2D eigenvalue weighted by Gasteiger charge is -2.32. The number of H-pyrrole nitrogens is 1. The van der Waals surface area contributed by atoms with Crippen LogP contribution in [0.2, 0.25) is 0 Å². The molecule has 2 N–H and O–H groups in total. The summed E-state index contributed by atoms with van der Waals surface area (Å²) in [5.74, 6) is 0.395. The van der Waals surface area contributed by atoms with Crippen LogP contribution in [0.15, 0.2) is 17.3 Å². The fourth-order valence-corrected chi connectivity index (χ4v) is 3.26. The molecule has 0 spiro atoms. The lowest BCUT2D eigenvalue weighted by atomic mass is 9.96. The van der Waals surface area contributed by atoms with Gasteiger partial charge in [-0.2, -0.15) is 5.10 Å². The van der Waals surface area contributed by atoms with Crippen LogP contribution in [0.1, 0.15) is 26.7 Å². The average molecular weight is 273 g/mol. The fourth-order valence-electron chi connectivity index (χ4n) is 2.07. The van der Waals surface area contributed by atoms with E-state index in [1.807, 2.05) is 0 Å². The molecule has 0 aromatic carbocycles. The largest absolute Gasteiger partial charge is 0.378 e. The van der Waals surface area contributed by atoms with Gasteiger partial charge in [-0.3, -0.25) is 5.10 Å². The van der Waals surface area contributed by atoms with Crippen molar-refractivity contribution in [3.63, 3.8) is 0 Å². The molecule has 2 rings (SSSR count). The Bertz CT molecular complexity index is 470. The molecule has 7 heteroatoms. The minimum absolute atomic E-state index is 0.0638. The van der Waals surface area contributed by atoms with Crippen LogP contribution in [0.3, 0.4) is 0 Å². The summed E-state index contributed by atoms with van der Waals surface area (Å²) in [5.41, 5.74) is 0. The van der Waals surface area contributed by atoms with Gasteiger partial charge in [0.2, 0.25) is 10.0 Å². The zero-order valence-corrected chi connectivity index (χ0v) is 11.4. The van der Waals surface area contributed by atoms with E-state index in [9.17, 15) is 8.42 Å². The molecule has 0 amide bonds. The van der Waals surface area contributed by atoms with Crippen molar-refractivity contribution in [2.75, 3.05) is 6.61 Å². The zero-order chi connectivity index (χ0) is 13.2. The Hall–Kier alpha value is -0.920. The van der Waals surface area contributed by atoms with Crippen molar-refractivity contribution in [1.82, 2.24) is 14.9 Å². The summed E-state index contributed by atoms with van der Waals surface area (Å²) in [5, 5.41) is 6.16. The van der Waals surface area contributed by atoms with E-state index in [2.05, 4.69) is 28.8 Å². The number of hydrogen-bond acceptors (Lipinski definition) is 4. The molecule has 18 heavy (non-hydrogen) atoms. The van der Waals surface area contributed by atoms with E-state index >= 15 is 0 Å². The third-order valence-electron chi connectivity index (χ3n) is 3.16. The van der Waals surface area contributed by atoms with E-state index in [4.69, 9.17) is 4.74 Å². The van der Waals surface area contributed by atoms with Gasteiger partial charge in [-0.15, -0.1) is 0 Å². The molecule has 0 saturated carbocycles. The van der Waals surface area contributed by atoms with Gasteiger partial charge in [-0.1, -0.05) is 13.8 Å². The maximum absolute atomic E-state index is 12.0. The minimum atomic E-state index is -3.47. The minimum Gasteiger partial charge on any atom is -0.378 e. The van der Waals surface area contributed by atoms with E-state index in [1.54, 1.807) is 0 Å². The molecule has 0 aliphatic carbocycles. The molecule has 0 radical (unpaired) electrons. The Labute approximate surface area is 107 Å². The quantitative estimate of drug-likeness (QED) is 0.853. The van der Waals surface area contributed by atoms with Gasteiger partial charge in [0.15, 0.2) is 0 Å². The van der Waals surface area contributed by atoms with Gasteiger partial charge in [-0.25, -0.2) is 13.1 Å². The lowest BCUT2D eigenvalue weighted by molar-refractivity contribution is -0.0210. The van der Waals surface area contributed by atoms with Crippen molar-refractivity contribution in [2.45, 2.75) is 43.7 Å². The average Bonchev–Trinajstić information content (AvgIpc) is 2.82. The van der Waals surface area contributed by atoms with Crippen LogP contribution >= 0.6 is 0 Å². The lowest BCUT2D eigenvalue weighted by Crippen LogP contribution is -2.43. The van der Waals surface area contributed by atoms with Crippen molar-refractivity contribution >= 4 is 10.0 Å². The summed E-state index contributed by atoms with van der Waals surface area (Å²) in [4.78, 5) is 0.176. The Morgan fingerprint density at radius 1 is 1.56 bits per heavy atom. The Balaban J connectivity index is 2.01. The van der Waals surface area contributed by atoms with Crippen LogP contribution < -0.4 is 4.72 Å². The van der Waals surface area contributed by atoms with Gasteiger partial charge in [0.1, 0.15) is 4.90 Å². The van der Waals surface area contributed by atoms with Crippen LogP contribution in [-0.4, -0.2) is 37.4 Å². The van der Waals surface area contributed by atoms with Gasteiger partial charge >= 0.3 is 0 Å². The van der Waals surface area contributed by atoms with Gasteiger partial charge in [0.25, 0.3) is 0 Å². The van der Waals surface area contributed by atoms with Crippen LogP contribution in [0.25, 0.3) is 0 Å². The molecule has 1 aromatic heterocycles. The van der Waals surface area contributed by atoms with E-state index < -0.39 is 10.0 Å². The number of aromatic amines is 1. The van der Waals surface area contributed by atoms with E-state index in [0.717, 1.165) is 6.42 Å². The van der Waals surface area contributed by atoms with E-state index in [1.165, 1.54) is 12.4 Å². The van der Waals surface area contributed by atoms with Crippen LogP contribution in [0.4, 0.5) is 0 Å². The van der Waals surface area contributed by atoms with Crippen molar-refractivity contribution in [3.05, 3.63) is 12.4 Å². The number of aromatic nitrogens is 2. The van der Waals surface area contributed by atoms with Gasteiger partial charge in [-0.05, 0) is 18.8 Å². The first-order valence-corrected chi connectivity index (χ1v) is 7.60. The standard InChI is InChI=1S/C11H19N3O3S/c1-8(2)11-5-9(3-4-17-11)14-18(15,16)10-6-12-13-7-10/h6-9,11,14H,3-5H2,1-2H3,(H,12,13). The molecule has 2 unspecified atom stereocenters. The Morgan fingerprint density at radius 3 is 2.94 bits per heavy atom. The third-order valence-corrected chi connectivity index (χ3v) is 4.65. The molecule has 1 aliphatic rings. The molecule has 0 bridgehead atoms. The molecular formula is C11H19N3O3S. The predicted octanol–water partition coefficient (Wildman–Crippen LogP) is 0.892. The highest BCUT2D eigenvalue weighted by Gasteiger charge is 2.28. The Kier molecular flexibility index (Phi) is 4.04. The summed E-state index contributed by atoms with van der Waals surface area (Å²) >= 11 is 0. The number of ether oxygens (including phenoxy) is 1. The summed E-state index contributed by atoms with van der Waals surface area (Å²) in [6.07, 6.45) is 4.23. The monoisotopic (exact) mass is 273 g/mol. The van der Waals surface area contributed by atoms with Crippen molar-refractivity contribution < 1.29 is 13.2 Å². The molecule has 1 aliphatic heterocycles. The number of nitrogens with zero attached hydrogens (tertiary/aromatic N) is 1. The van der Waals surface area contributed by atoms with Crippen molar-refractivity contribution in [1.29, 1.82) is 0 Å². The predicted molar refractivity (Wildman–Crippen MR) is 66.5 cm³/mol. The maximum Gasteiger partial charge on any atom is 0.243 e. The zero-order valence-electron chi connectivity index (χ0n) is 10.6. The van der Waals surface area contributed by atoms with Gasteiger partial charge in [0.05, 0.1) is 12.3 Å². The summed E-state index contributed by atoms with van der Waals surface area (Å²) < 4.78 is 32.4. The molecule has 2 atom stereocenters. The van der Waals surface area contributed by atoms with Gasteiger partial charge in [0, 0.05) is 18.8 Å². The molecule has 6 nitrogen and oxygen atoms in total. The summed E-state index contributed by atoms with van der Waals surface area (Å²) in [6.45, 7) is 4.76. The first-order chi connectivity index (χ1) is 8.49. The highest BCUT2D eigenvalue weighted by atomic mass is 32.2. The first-order valence-electron chi connectivity index (χ1n) is 6.12. The molecule has 1 aromatic rings. The third kappa shape index (κ3) is 3.09. The summed E-state index contributed by atoms with van der Waals surface area (Å²) in [7, 11) is -3.47. The molecule has 1 saturated heterocycles. The second kappa shape index (κ2) is 5.38. The maximum atomic E-state index is 12.0. The second-order valence-corrected chi connectivity index (χ2v) is 6.64. The normalized spacial score (nSPS) is 25.5. The van der Waals surface area contributed by atoms with Crippen LogP contribution in [-0.2, 0) is 14.8 Å². The molecule has 2 heterocycles. The number of sulfonamides is 1. The van der Waals surface area contributed by atoms with Crippen molar-refractivity contribution in [2.24, 2.45) is 5.92 Å². The fraction of sp³-hybridized carbons (Fsp3) is 0.727. The van der Waals surface area contributed by atoms with Crippen LogP contribution in [0, 0.1) is 5.92 Å². The Morgan fingerprint density at radius 2 is 2.33 bits per heavy atom. The van der Waals surface area contributed by atoms with Gasteiger partial charge < -0.3 is 4.74 Å². The summed E-state index contributed by atoms with van der Waals surface area (Å²) in [6, 6.07) is -0.0638. The molecule has 1 fully saturated rings. The highest BCUT2D eigenvalue weighted by Crippen LogP contribution is 2.21. The second-order valence-electron chi connectivity index (χ2n) is 4.93. The van der Waals surface area contributed by atoms with Crippen LogP contribution in [0.5, 0.6) is 0 Å². The van der Waals surface area contributed by atoms with Crippen molar-refractivity contribution in [3.8, 4) is 0 Å². The molecular weight excluding hydrogens is 254 g/mol. The van der Waals surface area contributed by atoms with E-state index in [-0.39, 0.29) is 17.0 Å². The number of rotatable bonds is 4. The smallest absolute Gasteiger partial charge is 0.243 e. The number of hydrogen-bond donors (Lipinski definition) is 2. The first kappa shape index (κ1) is 13.5. The topological polar surface area (TPSA) is 84.1 Å². The van der Waals surface area contributed by atoms with E-state index in [0.29, 0.717) is 18.9 Å².